The van der Waals surface area contributed by atoms with Gasteiger partial charge in [-0.05, 0) is 24.1 Å². The Bertz CT molecular complexity index is 1490. The number of carbonyl (C=O) groups excluding carboxylic acids is 4. The Balaban J connectivity index is 0.00000407. The monoisotopic (exact) mass is 688 g/mol. The molecule has 1 aliphatic rings. The van der Waals surface area contributed by atoms with Crippen molar-refractivity contribution in [2.75, 3.05) is 35.0 Å². The molecule has 1 unspecified atom stereocenters. The zero-order chi connectivity index (χ0) is 35.0. The summed E-state index contributed by atoms with van der Waals surface area (Å²) in [5, 5.41) is 18.0. The van der Waals surface area contributed by atoms with Gasteiger partial charge in [0.1, 0.15) is 0 Å². The van der Waals surface area contributed by atoms with E-state index in [9.17, 15) is 24.3 Å². The first kappa shape index (κ1) is 42.1. The van der Waals surface area contributed by atoms with Gasteiger partial charge in [-0.15, -0.1) is 29.0 Å². The molecule has 0 bridgehead atoms. The normalized spacial score (nSPS) is 15.1. The van der Waals surface area contributed by atoms with E-state index in [0.29, 0.717) is 11.1 Å². The second kappa shape index (κ2) is 20.2. The molecule has 47 heavy (non-hydrogen) atoms. The molecule has 1 aliphatic heterocycles. The zero-order valence-corrected chi connectivity index (χ0v) is 27.5. The Hall–Kier alpha value is -4.93. The molecule has 1 heterocycles. The minimum atomic E-state index is -2.20. The second-order valence-electron chi connectivity index (χ2n) is 9.57. The molecule has 3 rings (SSSR count). The van der Waals surface area contributed by atoms with Crippen LogP contribution in [0.15, 0.2) is 77.4 Å². The van der Waals surface area contributed by atoms with E-state index in [4.69, 9.17) is 28.3 Å². The van der Waals surface area contributed by atoms with Crippen molar-refractivity contribution >= 4 is 35.3 Å². The fourth-order valence-corrected chi connectivity index (χ4v) is 4.97. The van der Waals surface area contributed by atoms with Gasteiger partial charge < -0.3 is 28.8 Å². The quantitative estimate of drug-likeness (QED) is 0.0327. The molecular formula is C33H32FeN2O11. The third-order valence-electron chi connectivity index (χ3n) is 6.97. The van der Waals surface area contributed by atoms with Gasteiger partial charge in [-0.3, -0.25) is 4.79 Å². The summed E-state index contributed by atoms with van der Waals surface area (Å²) >= 11 is 0. The number of allylic oxidation sites excluding steroid dienone is 1. The van der Waals surface area contributed by atoms with Crippen LogP contribution in [-0.2, 0) is 64.5 Å². The maximum Gasteiger partial charge on any atom is 2.00 e. The molecule has 0 N–H and O–H groups in total. The molecule has 0 fully saturated rings. The fraction of sp³-hybridized carbons (Fsp3) is 0.303. The Kier molecular flexibility index (Phi) is 18.1. The van der Waals surface area contributed by atoms with Crippen LogP contribution >= 0.6 is 0 Å². The number of hydrogen-bond acceptors (Lipinski definition) is 10. The van der Waals surface area contributed by atoms with Crippen LogP contribution in [0, 0.1) is 31.1 Å². The SMILES string of the molecule is COC(=O)[C-](/C(=C(\[C-]=O)c1ccccc1)c1ccccc1)/C(=C(/[O-])OC)[N+]1=NC(C(=O)OC)(C(=O)OC)C(C(C)C)C1.[C-]#[O+].[C-]#[O+].[Fe+2]. The van der Waals surface area contributed by atoms with Crippen molar-refractivity contribution in [1.29, 1.82) is 0 Å². The van der Waals surface area contributed by atoms with E-state index in [1.165, 1.54) is 0 Å². The van der Waals surface area contributed by atoms with Gasteiger partial charge >= 0.3 is 57.2 Å². The molecule has 0 amide bonds. The fourth-order valence-electron chi connectivity index (χ4n) is 4.97. The first-order chi connectivity index (χ1) is 22.1. The largest absolute Gasteiger partial charge is 2.00 e. The molecule has 0 radical (unpaired) electrons. The topological polar surface area (TPSA) is 183 Å². The van der Waals surface area contributed by atoms with Gasteiger partial charge in [0.2, 0.25) is 0 Å². The van der Waals surface area contributed by atoms with Gasteiger partial charge in [0, 0.05) is 12.2 Å². The Morgan fingerprint density at radius 2 is 1.36 bits per heavy atom. The van der Waals surface area contributed by atoms with Crippen LogP contribution in [0.3, 0.4) is 0 Å². The Morgan fingerprint density at radius 3 is 1.74 bits per heavy atom. The number of carbonyl (C=O) groups is 3. The number of hydrogen-bond donors (Lipinski definition) is 0. The first-order valence-corrected chi connectivity index (χ1v) is 13.3. The van der Waals surface area contributed by atoms with Crippen LogP contribution < -0.4 is 5.11 Å². The average Bonchev–Trinajstić information content (AvgIpc) is 3.52. The minimum absolute atomic E-state index is 0. The summed E-state index contributed by atoms with van der Waals surface area (Å²) in [6, 6.07) is 16.8. The van der Waals surface area contributed by atoms with Gasteiger partial charge in [-0.25, -0.2) is 20.7 Å². The maximum atomic E-state index is 13.7. The summed E-state index contributed by atoms with van der Waals surface area (Å²) in [4.78, 5) is 52.6. The Labute approximate surface area is 283 Å². The van der Waals surface area contributed by atoms with Gasteiger partial charge in [0.05, 0.1) is 27.2 Å². The third-order valence-corrected chi connectivity index (χ3v) is 6.97. The van der Waals surface area contributed by atoms with Crippen molar-refractivity contribution in [3.8, 4) is 0 Å². The Morgan fingerprint density at radius 1 is 0.894 bits per heavy atom. The van der Waals surface area contributed by atoms with E-state index >= 15 is 0 Å². The summed E-state index contributed by atoms with van der Waals surface area (Å²) < 4.78 is 36.2. The molecule has 0 aliphatic carbocycles. The van der Waals surface area contributed by atoms with E-state index in [1.54, 1.807) is 74.5 Å². The van der Waals surface area contributed by atoms with E-state index in [0.717, 1.165) is 33.1 Å². The van der Waals surface area contributed by atoms with Crippen LogP contribution in [0.5, 0.6) is 0 Å². The summed E-state index contributed by atoms with van der Waals surface area (Å²) in [5.41, 5.74) is -1.97. The number of ether oxygens (including phenoxy) is 4. The van der Waals surface area contributed by atoms with Crippen LogP contribution in [0.25, 0.3) is 11.1 Å². The molecule has 13 nitrogen and oxygen atoms in total. The molecule has 0 aromatic heterocycles. The van der Waals surface area contributed by atoms with E-state index in [-0.39, 0.29) is 40.7 Å². The predicted molar refractivity (Wildman–Crippen MR) is 155 cm³/mol. The predicted octanol–water partition coefficient (Wildman–Crippen LogP) is 2.39. The van der Waals surface area contributed by atoms with Crippen LogP contribution in [0.1, 0.15) is 25.0 Å². The van der Waals surface area contributed by atoms with Crippen molar-refractivity contribution in [1.82, 2.24) is 0 Å². The average molecular weight is 688 g/mol. The molecule has 14 heteroatoms. The van der Waals surface area contributed by atoms with Gasteiger partial charge in [-0.2, -0.15) is 11.1 Å². The molecular weight excluding hydrogens is 656 g/mol. The zero-order valence-electron chi connectivity index (χ0n) is 26.4. The third kappa shape index (κ3) is 8.87. The van der Waals surface area contributed by atoms with Crippen molar-refractivity contribution < 1.29 is 74.3 Å². The summed E-state index contributed by atoms with van der Waals surface area (Å²) in [6.07, 6.45) is 1.91. The van der Waals surface area contributed by atoms with E-state index in [1.807, 2.05) is 6.29 Å². The standard InChI is InChI=1S/C31H33N2O9.2CO.Fe/c1-19(2)23-17-33(32-31(23,29(37)41-5)30(38)42-6)26(28(36)40-4)25(27(35)39-3)24(21-15-11-8-12-16-21)22(18-34)20-13-9-7-10-14-20;2*1-2;/h7-16,19,23,36H,17H2,1-6H3;;;/q-1;;;+2/p-1/b24-22+,28-26+;;;. The minimum Gasteiger partial charge on any atom is 2.00 e. The van der Waals surface area contributed by atoms with Gasteiger partial charge in [-0.1, -0.05) is 50.2 Å². The second-order valence-corrected chi connectivity index (χ2v) is 9.57. The molecule has 2 aromatic rings. The summed E-state index contributed by atoms with van der Waals surface area (Å²) in [6.45, 7) is 12.3. The molecule has 248 valence electrons. The summed E-state index contributed by atoms with van der Waals surface area (Å²) in [5.74, 6) is -5.68. The van der Waals surface area contributed by atoms with Gasteiger partial charge in [0.25, 0.3) is 5.97 Å². The number of benzene rings is 2. The number of esters is 3. The molecule has 0 saturated carbocycles. The van der Waals surface area contributed by atoms with Crippen LogP contribution in [0.2, 0.25) is 0 Å². The number of azo groups is 2. The van der Waals surface area contributed by atoms with E-state index in [2.05, 4.69) is 18.4 Å². The molecule has 1 atom stereocenters. The van der Waals surface area contributed by atoms with Crippen molar-refractivity contribution in [3.05, 3.63) is 103 Å². The smallest absolute Gasteiger partial charge is 2.00 e. The van der Waals surface area contributed by atoms with Crippen LogP contribution in [-0.4, -0.2) is 69.4 Å². The van der Waals surface area contributed by atoms with Crippen molar-refractivity contribution in [2.45, 2.75) is 19.4 Å². The van der Waals surface area contributed by atoms with Crippen molar-refractivity contribution in [3.63, 3.8) is 0 Å². The molecule has 0 spiro atoms. The maximum absolute atomic E-state index is 13.7. The first-order valence-electron chi connectivity index (χ1n) is 13.3. The number of nitrogens with zero attached hydrogens (tertiary/aromatic N) is 2. The summed E-state index contributed by atoms with van der Waals surface area (Å²) in [7, 11) is 4.40. The van der Waals surface area contributed by atoms with E-state index < -0.39 is 46.9 Å². The van der Waals surface area contributed by atoms with Gasteiger partial charge in [0.15, 0.2) is 12.2 Å². The van der Waals surface area contributed by atoms with Crippen molar-refractivity contribution in [2.24, 2.45) is 17.0 Å². The number of methoxy groups -OCH3 is 4. The molecule has 2 aromatic carbocycles. The van der Waals surface area contributed by atoms with Crippen LogP contribution in [0.4, 0.5) is 0 Å². The number of rotatable bonds is 11. The molecule has 0 saturated heterocycles.